The van der Waals surface area contributed by atoms with E-state index in [1.807, 2.05) is 62.4 Å². The van der Waals surface area contributed by atoms with Crippen molar-refractivity contribution in [2.24, 2.45) is 0 Å². The highest BCUT2D eigenvalue weighted by Gasteiger charge is 2.51. The lowest BCUT2D eigenvalue weighted by Crippen LogP contribution is -2.41. The summed E-state index contributed by atoms with van der Waals surface area (Å²) in [5, 5.41) is 10.5. The summed E-state index contributed by atoms with van der Waals surface area (Å²) in [6.45, 7) is 26.0. The zero-order valence-electron chi connectivity index (χ0n) is 47.6. The van der Waals surface area contributed by atoms with Gasteiger partial charge in [0.25, 0.3) is 0 Å². The minimum absolute atomic E-state index is 0.127. The van der Waals surface area contributed by atoms with Crippen molar-refractivity contribution in [1.29, 1.82) is 0 Å². The Kier molecular flexibility index (Phi) is 19.2. The largest absolute Gasteiger partial charge is 0.441 e. The lowest BCUT2D eigenvalue weighted by atomic mass is 9.90. The maximum atomic E-state index is 9.70. The molecule has 4 fully saturated rings. The molecule has 10 rings (SSSR count). The molecule has 0 amide bonds. The van der Waals surface area contributed by atoms with E-state index in [9.17, 15) is 5.11 Å². The van der Waals surface area contributed by atoms with Crippen LogP contribution in [0.3, 0.4) is 0 Å². The monoisotopic (exact) mass is 1120 g/mol. The van der Waals surface area contributed by atoms with Crippen molar-refractivity contribution in [3.63, 3.8) is 0 Å². The summed E-state index contributed by atoms with van der Waals surface area (Å²) in [4.78, 5) is 9.29. The second-order valence-electron chi connectivity index (χ2n) is 23.3. The third-order valence-corrected chi connectivity index (χ3v) is 16.8. The number of ether oxygens (including phenoxy) is 7. The SMILES string of the molecule is CC1(C)OC(c2ccccc2CBr)OC1(C)C.Cc1cccc(-c2nc(CO[C@H]3CCC[C@@H](O)C3)c(C)o2)c1.Cc1cccc(-c2nc(CO[C@H]3CCC[C@@H](OCc4ccccc4C4OC(C)(C)C(C)(C)O4)C3)c(C)o2)c1. The lowest BCUT2D eigenvalue weighted by molar-refractivity contribution is -0.0922. The van der Waals surface area contributed by atoms with Crippen molar-refractivity contribution in [2.75, 3.05) is 0 Å². The summed E-state index contributed by atoms with van der Waals surface area (Å²) >= 11 is 3.50. The molecule has 0 bridgehead atoms. The molecule has 0 spiro atoms. The van der Waals surface area contributed by atoms with Crippen LogP contribution in [0.15, 0.2) is 106 Å². The van der Waals surface area contributed by atoms with Crippen molar-refractivity contribution in [1.82, 2.24) is 9.97 Å². The lowest BCUT2D eigenvalue weighted by Gasteiger charge is -2.30. The molecule has 2 aliphatic carbocycles. The number of aromatic nitrogens is 2. The van der Waals surface area contributed by atoms with E-state index in [1.54, 1.807) is 0 Å². The second-order valence-corrected chi connectivity index (χ2v) is 23.8. The molecule has 2 saturated carbocycles. The van der Waals surface area contributed by atoms with Crippen molar-refractivity contribution in [3.05, 3.63) is 153 Å². The van der Waals surface area contributed by atoms with Gasteiger partial charge < -0.3 is 47.1 Å². The fourth-order valence-corrected chi connectivity index (χ4v) is 10.4. The summed E-state index contributed by atoms with van der Waals surface area (Å²) in [7, 11) is 0. The molecule has 13 heteroatoms. The number of aliphatic hydroxyl groups is 1. The van der Waals surface area contributed by atoms with Gasteiger partial charge in [0.2, 0.25) is 11.8 Å². The van der Waals surface area contributed by atoms with Gasteiger partial charge in [0.05, 0.1) is 66.6 Å². The maximum absolute atomic E-state index is 9.70. The van der Waals surface area contributed by atoms with Crippen molar-refractivity contribution < 1.29 is 47.1 Å². The number of nitrogens with zero attached hydrogens (tertiary/aromatic N) is 2. The minimum atomic E-state index is -0.391. The molecule has 77 heavy (non-hydrogen) atoms. The van der Waals surface area contributed by atoms with Gasteiger partial charge in [-0.25, -0.2) is 9.97 Å². The fraction of sp³-hybridized carbons (Fsp3) is 0.531. The standard InChI is InChI=1S/C32H41NO5.C18H23NO3.C14H19BrO2/c1-21-11-9-13-23(17-21)29-33-28(22(2)36-29)20-35-26-15-10-14-25(18-26)34-19-24-12-7-8-16-27(24)30-37-31(3,4)32(5,6)38-30;1-12-5-3-6-14(9-12)18-19-17(13(2)22-18)11-21-16-8-4-7-15(20)10-16;1-13(2)14(3,4)17-12(16-13)11-8-6-5-7-10(11)9-15/h7-9,11-13,16-17,25-26,30H,10,14-15,18-20H2,1-6H3;3,5-6,9,15-16,20H,4,7-8,10-11H2,1-2H3;5-8,12H,9H2,1-4H3/t25-,26+;15-,16+;/m11./s1. The Morgan fingerprint density at radius 2 is 0.909 bits per heavy atom. The highest BCUT2D eigenvalue weighted by atomic mass is 79.9. The van der Waals surface area contributed by atoms with Crippen LogP contribution in [-0.4, -0.2) is 61.9 Å². The molecule has 416 valence electrons. The molecule has 2 aliphatic heterocycles. The van der Waals surface area contributed by atoms with Gasteiger partial charge in [0.1, 0.15) is 22.9 Å². The van der Waals surface area contributed by atoms with E-state index in [2.05, 4.69) is 139 Å². The molecule has 12 nitrogen and oxygen atoms in total. The Balaban J connectivity index is 0.000000169. The predicted molar refractivity (Wildman–Crippen MR) is 303 cm³/mol. The Labute approximate surface area is 466 Å². The zero-order valence-corrected chi connectivity index (χ0v) is 49.2. The van der Waals surface area contributed by atoms with Gasteiger partial charge in [-0.05, 0) is 170 Å². The molecule has 0 unspecified atom stereocenters. The summed E-state index contributed by atoms with van der Waals surface area (Å²) in [5.41, 5.74) is 9.22. The van der Waals surface area contributed by atoms with Crippen LogP contribution >= 0.6 is 15.9 Å². The first-order chi connectivity index (χ1) is 36.6. The Hall–Kier alpha value is -4.54. The first-order valence-electron chi connectivity index (χ1n) is 27.6. The molecule has 4 aliphatic rings. The molecule has 2 saturated heterocycles. The number of halogens is 1. The Bertz CT molecular complexity index is 2840. The number of hydrogen-bond donors (Lipinski definition) is 1. The van der Waals surface area contributed by atoms with Crippen LogP contribution in [0.4, 0.5) is 0 Å². The average molecular weight is 1120 g/mol. The van der Waals surface area contributed by atoms with E-state index in [0.717, 1.165) is 107 Å². The number of alkyl halides is 1. The molecule has 4 atom stereocenters. The van der Waals surface area contributed by atoms with Gasteiger partial charge >= 0.3 is 0 Å². The first kappa shape index (κ1) is 58.6. The van der Waals surface area contributed by atoms with Crippen molar-refractivity contribution in [2.45, 2.75) is 219 Å². The van der Waals surface area contributed by atoms with E-state index in [-0.39, 0.29) is 53.1 Å². The Morgan fingerprint density at radius 1 is 0.506 bits per heavy atom. The van der Waals surface area contributed by atoms with Crippen LogP contribution in [0.25, 0.3) is 22.9 Å². The van der Waals surface area contributed by atoms with Gasteiger partial charge in [-0.15, -0.1) is 0 Å². The molecule has 4 heterocycles. The topological polar surface area (TPSA) is 137 Å². The normalized spacial score (nSPS) is 22.7. The summed E-state index contributed by atoms with van der Waals surface area (Å²) in [5.74, 6) is 2.90. The quantitative estimate of drug-likeness (QED) is 0.104. The van der Waals surface area contributed by atoms with Crippen LogP contribution in [0, 0.1) is 27.7 Å². The highest BCUT2D eigenvalue weighted by molar-refractivity contribution is 9.08. The molecule has 4 aromatic carbocycles. The van der Waals surface area contributed by atoms with Crippen LogP contribution in [0.2, 0.25) is 0 Å². The number of oxazole rings is 2. The van der Waals surface area contributed by atoms with E-state index >= 15 is 0 Å². The summed E-state index contributed by atoms with van der Waals surface area (Å²) in [6, 6.07) is 32.8. The number of rotatable bonds is 14. The van der Waals surface area contributed by atoms with Crippen molar-refractivity contribution >= 4 is 15.9 Å². The van der Waals surface area contributed by atoms with Gasteiger partial charge in [-0.1, -0.05) is 99.9 Å². The molecule has 1 N–H and O–H groups in total. The maximum Gasteiger partial charge on any atom is 0.226 e. The van der Waals surface area contributed by atoms with E-state index in [0.29, 0.717) is 31.6 Å². The third kappa shape index (κ3) is 14.8. The minimum Gasteiger partial charge on any atom is -0.441 e. The highest BCUT2D eigenvalue weighted by Crippen LogP contribution is 2.47. The number of aliphatic hydroxyl groups excluding tert-OH is 1. The van der Waals surface area contributed by atoms with Gasteiger partial charge in [0.15, 0.2) is 12.6 Å². The van der Waals surface area contributed by atoms with E-state index in [4.69, 9.17) is 47.0 Å². The van der Waals surface area contributed by atoms with Crippen LogP contribution in [-0.2, 0) is 58.3 Å². The molecular formula is C64H83BrN2O10. The molecule has 0 radical (unpaired) electrons. The van der Waals surface area contributed by atoms with E-state index < -0.39 is 6.29 Å². The fourth-order valence-electron chi connectivity index (χ4n) is 9.93. The second kappa shape index (κ2) is 25.3. The predicted octanol–water partition coefficient (Wildman–Crippen LogP) is 15.6. The number of hydrogen-bond acceptors (Lipinski definition) is 12. The van der Waals surface area contributed by atoms with Crippen LogP contribution < -0.4 is 0 Å². The van der Waals surface area contributed by atoms with Crippen LogP contribution in [0.1, 0.15) is 176 Å². The molecule has 6 aromatic rings. The zero-order chi connectivity index (χ0) is 55.1. The summed E-state index contributed by atoms with van der Waals surface area (Å²) < 4.78 is 55.1. The summed E-state index contributed by atoms with van der Waals surface area (Å²) in [6.07, 6.45) is 7.23. The smallest absolute Gasteiger partial charge is 0.226 e. The average Bonchev–Trinajstić information content (AvgIpc) is 4.09. The van der Waals surface area contributed by atoms with E-state index in [1.165, 1.54) is 16.7 Å². The number of benzene rings is 4. The van der Waals surface area contributed by atoms with Gasteiger partial charge in [-0.3, -0.25) is 0 Å². The number of aryl methyl sites for hydroxylation is 4. The molecule has 2 aromatic heterocycles. The van der Waals surface area contributed by atoms with Crippen LogP contribution in [0.5, 0.6) is 0 Å². The first-order valence-corrected chi connectivity index (χ1v) is 28.7. The third-order valence-electron chi connectivity index (χ3n) is 16.1. The molecular weight excluding hydrogens is 1040 g/mol. The van der Waals surface area contributed by atoms with Gasteiger partial charge in [0, 0.05) is 27.6 Å². The Morgan fingerprint density at radius 3 is 1.35 bits per heavy atom. The van der Waals surface area contributed by atoms with Gasteiger partial charge in [-0.2, -0.15) is 0 Å². The van der Waals surface area contributed by atoms with Crippen molar-refractivity contribution in [3.8, 4) is 22.9 Å².